The van der Waals surface area contributed by atoms with Crippen molar-refractivity contribution in [1.29, 1.82) is 0 Å². The number of aryl methyl sites for hydroxylation is 2. The first kappa shape index (κ1) is 15.2. The van der Waals surface area contributed by atoms with E-state index in [-0.39, 0.29) is 5.75 Å². The lowest BCUT2D eigenvalue weighted by molar-refractivity contribution is 0.412. The average molecular weight is 328 g/mol. The van der Waals surface area contributed by atoms with E-state index in [0.717, 1.165) is 15.8 Å². The van der Waals surface area contributed by atoms with Crippen LogP contribution in [-0.2, 0) is 0 Å². The maximum Gasteiger partial charge on any atom is 0.158 e. The minimum atomic E-state index is 0.131. The molecule has 2 aromatic heterocycles. The molecule has 0 radical (unpaired) electrons. The normalized spacial score (nSPS) is 11.3. The van der Waals surface area contributed by atoms with Gasteiger partial charge in [0.1, 0.15) is 22.7 Å². The lowest BCUT2D eigenvalue weighted by atomic mass is 10.2. The number of nitrogens with one attached hydrogen (secondary N) is 1. The summed E-state index contributed by atoms with van der Waals surface area (Å²) in [5, 5.41) is 15.0. The van der Waals surface area contributed by atoms with Crippen LogP contribution in [0.25, 0.3) is 10.2 Å². The van der Waals surface area contributed by atoms with Gasteiger partial charge in [0.2, 0.25) is 0 Å². The fourth-order valence-electron chi connectivity index (χ4n) is 2.19. The summed E-state index contributed by atoms with van der Waals surface area (Å²) in [5.74, 6) is 1.43. The molecule has 0 amide bonds. The number of phenols is 1. The molecule has 3 aromatic rings. The van der Waals surface area contributed by atoms with Crippen molar-refractivity contribution in [2.75, 3.05) is 12.5 Å². The standard InChI is InChI=1S/C16H16N4O2S/c1-9-10(2)23-16-14(9)15(17-8-18-16)20-19-7-11-6-12(22-3)4-5-13(11)21/h4-8,21H,1-3H3,(H,17,18,20). The quantitative estimate of drug-likeness (QED) is 0.566. The van der Waals surface area contributed by atoms with Gasteiger partial charge in [0.25, 0.3) is 0 Å². The third kappa shape index (κ3) is 2.95. The molecule has 6 nitrogen and oxygen atoms in total. The highest BCUT2D eigenvalue weighted by Gasteiger charge is 2.11. The molecule has 0 fully saturated rings. The van der Waals surface area contributed by atoms with Gasteiger partial charge in [0.05, 0.1) is 18.7 Å². The second-order valence-electron chi connectivity index (χ2n) is 4.98. The second-order valence-corrected chi connectivity index (χ2v) is 6.18. The monoisotopic (exact) mass is 328 g/mol. The summed E-state index contributed by atoms with van der Waals surface area (Å²) >= 11 is 1.63. The number of nitrogens with zero attached hydrogens (tertiary/aromatic N) is 3. The Balaban J connectivity index is 1.89. The molecular weight excluding hydrogens is 312 g/mol. The number of anilines is 1. The lowest BCUT2D eigenvalue weighted by Gasteiger charge is -2.04. The Morgan fingerprint density at radius 3 is 2.91 bits per heavy atom. The van der Waals surface area contributed by atoms with Gasteiger partial charge in [0.15, 0.2) is 5.82 Å². The van der Waals surface area contributed by atoms with Crippen molar-refractivity contribution in [2.45, 2.75) is 13.8 Å². The number of aromatic hydroxyl groups is 1. The van der Waals surface area contributed by atoms with E-state index in [1.54, 1.807) is 36.6 Å². The van der Waals surface area contributed by atoms with Gasteiger partial charge in [-0.2, -0.15) is 5.10 Å². The molecular formula is C16H16N4O2S. The highest BCUT2D eigenvalue weighted by Crippen LogP contribution is 2.32. The van der Waals surface area contributed by atoms with Gasteiger partial charge >= 0.3 is 0 Å². The topological polar surface area (TPSA) is 79.6 Å². The first-order valence-corrected chi connectivity index (χ1v) is 7.78. The van der Waals surface area contributed by atoms with Gasteiger partial charge in [-0.05, 0) is 37.6 Å². The van der Waals surface area contributed by atoms with Gasteiger partial charge < -0.3 is 9.84 Å². The van der Waals surface area contributed by atoms with Crippen LogP contribution >= 0.6 is 11.3 Å². The van der Waals surface area contributed by atoms with Crippen LogP contribution in [0.2, 0.25) is 0 Å². The van der Waals surface area contributed by atoms with E-state index in [9.17, 15) is 5.11 Å². The highest BCUT2D eigenvalue weighted by molar-refractivity contribution is 7.18. The van der Waals surface area contributed by atoms with Crippen LogP contribution in [0.5, 0.6) is 11.5 Å². The van der Waals surface area contributed by atoms with E-state index in [1.165, 1.54) is 17.4 Å². The van der Waals surface area contributed by atoms with Crippen molar-refractivity contribution >= 4 is 33.6 Å². The summed E-state index contributed by atoms with van der Waals surface area (Å²) in [6.07, 6.45) is 3.04. The first-order valence-electron chi connectivity index (χ1n) is 6.97. The number of methoxy groups -OCH3 is 1. The molecule has 0 aliphatic carbocycles. The van der Waals surface area contributed by atoms with Crippen molar-refractivity contribution < 1.29 is 9.84 Å². The summed E-state index contributed by atoms with van der Waals surface area (Å²) in [6, 6.07) is 4.96. The molecule has 0 spiro atoms. The molecule has 1 aromatic carbocycles. The zero-order valence-electron chi connectivity index (χ0n) is 13.0. The van der Waals surface area contributed by atoms with Gasteiger partial charge in [-0.3, -0.25) is 5.43 Å². The van der Waals surface area contributed by atoms with Gasteiger partial charge in [-0.15, -0.1) is 11.3 Å². The van der Waals surface area contributed by atoms with Crippen LogP contribution in [0.15, 0.2) is 29.6 Å². The summed E-state index contributed by atoms with van der Waals surface area (Å²) in [6.45, 7) is 4.10. The van der Waals surface area contributed by atoms with E-state index in [4.69, 9.17) is 4.74 Å². The number of hydrogen-bond acceptors (Lipinski definition) is 7. The van der Waals surface area contributed by atoms with Gasteiger partial charge in [-0.25, -0.2) is 9.97 Å². The summed E-state index contributed by atoms with van der Waals surface area (Å²) < 4.78 is 5.14. The molecule has 0 saturated carbocycles. The highest BCUT2D eigenvalue weighted by atomic mass is 32.1. The van der Waals surface area contributed by atoms with Crippen LogP contribution in [0, 0.1) is 13.8 Å². The van der Waals surface area contributed by atoms with Crippen molar-refractivity contribution in [1.82, 2.24) is 9.97 Å². The van der Waals surface area contributed by atoms with Crippen molar-refractivity contribution in [2.24, 2.45) is 5.10 Å². The molecule has 0 aliphatic rings. The fourth-order valence-corrected chi connectivity index (χ4v) is 3.19. The number of benzene rings is 1. The molecule has 7 heteroatoms. The molecule has 2 N–H and O–H groups in total. The Kier molecular flexibility index (Phi) is 4.12. The second kappa shape index (κ2) is 6.21. The maximum atomic E-state index is 9.85. The minimum Gasteiger partial charge on any atom is -0.507 e. The van der Waals surface area contributed by atoms with E-state index in [1.807, 2.05) is 6.92 Å². The number of rotatable bonds is 4. The van der Waals surface area contributed by atoms with Crippen LogP contribution < -0.4 is 10.2 Å². The van der Waals surface area contributed by atoms with Crippen LogP contribution in [0.1, 0.15) is 16.0 Å². The van der Waals surface area contributed by atoms with E-state index >= 15 is 0 Å². The predicted octanol–water partition coefficient (Wildman–Crippen LogP) is 3.47. The van der Waals surface area contributed by atoms with Crippen LogP contribution in [0.4, 0.5) is 5.82 Å². The molecule has 0 saturated heterocycles. The number of hydrazone groups is 1. The molecule has 0 atom stereocenters. The van der Waals surface area contributed by atoms with Crippen molar-refractivity contribution in [3.63, 3.8) is 0 Å². The molecule has 3 rings (SSSR count). The van der Waals surface area contributed by atoms with E-state index in [2.05, 4.69) is 27.4 Å². The van der Waals surface area contributed by atoms with Gasteiger partial charge in [-0.1, -0.05) is 0 Å². The first-order chi connectivity index (χ1) is 11.1. The Hall–Kier alpha value is -2.67. The number of aromatic nitrogens is 2. The Morgan fingerprint density at radius 2 is 2.13 bits per heavy atom. The number of ether oxygens (including phenoxy) is 1. The molecule has 2 heterocycles. The Labute approximate surface area is 137 Å². The number of fused-ring (bicyclic) bond motifs is 1. The van der Waals surface area contributed by atoms with Gasteiger partial charge in [0, 0.05) is 10.4 Å². The zero-order valence-corrected chi connectivity index (χ0v) is 13.8. The molecule has 23 heavy (non-hydrogen) atoms. The van der Waals surface area contributed by atoms with E-state index in [0.29, 0.717) is 17.1 Å². The summed E-state index contributed by atoms with van der Waals surface area (Å²) in [4.78, 5) is 10.7. The largest absolute Gasteiger partial charge is 0.507 e. The predicted molar refractivity (Wildman–Crippen MR) is 92.8 cm³/mol. The molecule has 118 valence electrons. The van der Waals surface area contributed by atoms with Crippen LogP contribution in [-0.4, -0.2) is 28.4 Å². The summed E-state index contributed by atoms with van der Waals surface area (Å²) in [7, 11) is 1.57. The third-order valence-corrected chi connectivity index (χ3v) is 4.69. The minimum absolute atomic E-state index is 0.131. The zero-order chi connectivity index (χ0) is 16.4. The maximum absolute atomic E-state index is 9.85. The smallest absolute Gasteiger partial charge is 0.158 e. The number of thiophene rings is 1. The fraction of sp³-hybridized carbons (Fsp3) is 0.188. The molecule has 0 aliphatic heterocycles. The summed E-state index contributed by atoms with van der Waals surface area (Å²) in [5.41, 5.74) is 4.63. The SMILES string of the molecule is COc1ccc(O)c(C=NNc2ncnc3sc(C)c(C)c23)c1. The number of hydrogen-bond donors (Lipinski definition) is 2. The van der Waals surface area contributed by atoms with Crippen molar-refractivity contribution in [3.05, 3.63) is 40.5 Å². The Bertz CT molecular complexity index is 889. The van der Waals surface area contributed by atoms with Crippen molar-refractivity contribution in [3.8, 4) is 11.5 Å². The van der Waals surface area contributed by atoms with Crippen LogP contribution in [0.3, 0.4) is 0 Å². The van der Waals surface area contributed by atoms with E-state index < -0.39 is 0 Å². The Morgan fingerprint density at radius 1 is 1.30 bits per heavy atom. The average Bonchev–Trinajstić information content (AvgIpc) is 2.85. The lowest BCUT2D eigenvalue weighted by Crippen LogP contribution is -1.96. The molecule has 0 bridgehead atoms. The third-order valence-electron chi connectivity index (χ3n) is 3.57. The molecule has 0 unspecified atom stereocenters. The number of phenolic OH excluding ortho intramolecular Hbond substituents is 1.